The number of pyridine rings is 1. The molecule has 3 atom stereocenters. The number of ether oxygens (including phenoxy) is 2. The maximum atomic E-state index is 12.6. The van der Waals surface area contributed by atoms with Crippen LogP contribution in [0.4, 0.5) is 11.5 Å². The first kappa shape index (κ1) is 26.5. The fraction of sp³-hybridized carbons (Fsp3) is 0.613. The molecule has 1 amide bonds. The molecule has 7 rings (SSSR count). The van der Waals surface area contributed by atoms with E-state index in [-0.39, 0.29) is 18.0 Å². The summed E-state index contributed by atoms with van der Waals surface area (Å²) in [4.78, 5) is 36.3. The zero-order valence-corrected chi connectivity index (χ0v) is 24.3. The van der Waals surface area contributed by atoms with Crippen molar-refractivity contribution in [3.05, 3.63) is 41.5 Å². The van der Waals surface area contributed by atoms with Crippen molar-refractivity contribution in [1.82, 2.24) is 24.8 Å². The molecule has 2 saturated heterocycles. The van der Waals surface area contributed by atoms with Gasteiger partial charge in [-0.05, 0) is 71.5 Å². The monoisotopic (exact) mass is 559 g/mol. The number of hydrogen-bond acceptors (Lipinski definition) is 9. The number of likely N-dealkylation sites (N-methyl/N-ethyl adjacent to an activating group) is 1. The van der Waals surface area contributed by atoms with Gasteiger partial charge in [-0.25, -0.2) is 15.0 Å². The predicted octanol–water partition coefficient (Wildman–Crippen LogP) is 2.77. The van der Waals surface area contributed by atoms with Gasteiger partial charge in [0.1, 0.15) is 25.4 Å². The van der Waals surface area contributed by atoms with Crippen LogP contribution in [-0.4, -0.2) is 95.2 Å². The highest BCUT2D eigenvalue weighted by atomic mass is 16.5. The second-order valence-corrected chi connectivity index (χ2v) is 12.3. The van der Waals surface area contributed by atoms with E-state index in [1.807, 2.05) is 4.90 Å². The molecule has 0 N–H and O–H groups in total. The smallest absolute Gasteiger partial charge is 0.259 e. The van der Waals surface area contributed by atoms with Crippen LogP contribution in [0.15, 0.2) is 19.0 Å². The van der Waals surface area contributed by atoms with E-state index >= 15 is 0 Å². The summed E-state index contributed by atoms with van der Waals surface area (Å²) in [6.07, 6.45) is 10.8. The fourth-order valence-corrected chi connectivity index (χ4v) is 7.43. The number of hydrogen-bond donors (Lipinski definition) is 0. The summed E-state index contributed by atoms with van der Waals surface area (Å²) in [7, 11) is 2.17. The average Bonchev–Trinajstić information content (AvgIpc) is 3.42. The van der Waals surface area contributed by atoms with E-state index in [4.69, 9.17) is 19.4 Å². The summed E-state index contributed by atoms with van der Waals surface area (Å²) in [5.74, 6) is 2.41. The van der Waals surface area contributed by atoms with Crippen LogP contribution < -0.4 is 19.3 Å². The molecule has 10 heteroatoms. The third-order valence-electron chi connectivity index (χ3n) is 9.74. The lowest BCUT2D eigenvalue weighted by atomic mass is 9.94. The summed E-state index contributed by atoms with van der Waals surface area (Å²) in [6, 6.07) is 0.530. The lowest BCUT2D eigenvalue weighted by molar-refractivity contribution is -0.129. The quantitative estimate of drug-likeness (QED) is 0.513. The van der Waals surface area contributed by atoms with Crippen molar-refractivity contribution in [3.8, 4) is 11.6 Å². The van der Waals surface area contributed by atoms with E-state index in [0.717, 1.165) is 68.3 Å². The Labute approximate surface area is 242 Å². The van der Waals surface area contributed by atoms with Crippen molar-refractivity contribution >= 4 is 17.4 Å². The van der Waals surface area contributed by atoms with Gasteiger partial charge in [-0.15, -0.1) is 0 Å². The molecule has 0 radical (unpaired) electrons. The average molecular weight is 560 g/mol. The number of carbonyl (C=O) groups is 1. The molecule has 2 aromatic rings. The number of piperazine rings is 1. The van der Waals surface area contributed by atoms with Crippen LogP contribution in [0.25, 0.3) is 0 Å². The summed E-state index contributed by atoms with van der Waals surface area (Å²) in [6.45, 7) is 10.9. The van der Waals surface area contributed by atoms with E-state index in [1.54, 1.807) is 6.33 Å². The second-order valence-electron chi connectivity index (χ2n) is 12.3. The number of nitrogens with zero attached hydrogens (tertiary/aromatic N) is 7. The van der Waals surface area contributed by atoms with Crippen LogP contribution in [0.1, 0.15) is 55.1 Å². The fourth-order valence-electron chi connectivity index (χ4n) is 7.43. The highest BCUT2D eigenvalue weighted by Gasteiger charge is 2.42. The van der Waals surface area contributed by atoms with Gasteiger partial charge in [0.15, 0.2) is 0 Å². The number of anilines is 2. The summed E-state index contributed by atoms with van der Waals surface area (Å²) >= 11 is 0. The zero-order chi connectivity index (χ0) is 28.1. The van der Waals surface area contributed by atoms with Crippen LogP contribution in [0, 0.1) is 0 Å². The molecule has 6 heterocycles. The van der Waals surface area contributed by atoms with Crippen molar-refractivity contribution in [2.75, 3.05) is 56.2 Å². The number of aromatic nitrogens is 3. The van der Waals surface area contributed by atoms with E-state index in [1.165, 1.54) is 42.2 Å². The van der Waals surface area contributed by atoms with Crippen LogP contribution in [0.3, 0.4) is 0 Å². The van der Waals surface area contributed by atoms with Crippen molar-refractivity contribution in [1.29, 1.82) is 0 Å². The lowest BCUT2D eigenvalue weighted by Gasteiger charge is -2.49. The summed E-state index contributed by atoms with van der Waals surface area (Å²) < 4.78 is 13.0. The van der Waals surface area contributed by atoms with Gasteiger partial charge >= 0.3 is 0 Å². The van der Waals surface area contributed by atoms with Crippen molar-refractivity contribution in [2.24, 2.45) is 0 Å². The molecule has 2 fully saturated rings. The van der Waals surface area contributed by atoms with E-state index < -0.39 is 0 Å². The molecule has 41 heavy (non-hydrogen) atoms. The normalized spacial score (nSPS) is 25.5. The Morgan fingerprint density at radius 1 is 1.12 bits per heavy atom. The van der Waals surface area contributed by atoms with Gasteiger partial charge in [0.05, 0.1) is 24.0 Å². The van der Waals surface area contributed by atoms with Gasteiger partial charge in [0.25, 0.3) is 5.88 Å². The largest absolute Gasteiger partial charge is 0.484 e. The first-order chi connectivity index (χ1) is 20.0. The topological polar surface area (TPSA) is 87.2 Å². The Kier molecular flexibility index (Phi) is 6.97. The number of fused-ring (bicyclic) bond motifs is 6. The number of carbonyl (C=O) groups excluding carboxylic acids is 1. The maximum Gasteiger partial charge on any atom is 0.259 e. The van der Waals surface area contributed by atoms with Gasteiger partial charge < -0.3 is 29.1 Å². The Balaban J connectivity index is 1.25. The van der Waals surface area contributed by atoms with Crippen molar-refractivity contribution in [2.45, 2.75) is 76.5 Å². The number of amides is 1. The molecule has 218 valence electrons. The van der Waals surface area contributed by atoms with Crippen LogP contribution in [0.5, 0.6) is 11.6 Å². The molecule has 4 aliphatic heterocycles. The molecule has 10 nitrogen and oxygen atoms in total. The minimum Gasteiger partial charge on any atom is -0.484 e. The number of rotatable bonds is 5. The second kappa shape index (κ2) is 10.8. The Hall–Kier alpha value is -3.40. The highest BCUT2D eigenvalue weighted by Crippen LogP contribution is 2.47. The Morgan fingerprint density at radius 2 is 2.00 bits per heavy atom. The minimum absolute atomic E-state index is 0.0202. The Morgan fingerprint density at radius 3 is 2.83 bits per heavy atom. The molecule has 1 aliphatic carbocycles. The van der Waals surface area contributed by atoms with Gasteiger partial charge in [0, 0.05) is 48.5 Å². The molecule has 0 spiro atoms. The van der Waals surface area contributed by atoms with Crippen molar-refractivity contribution < 1.29 is 14.3 Å². The van der Waals surface area contributed by atoms with Gasteiger partial charge in [-0.3, -0.25) is 4.79 Å². The molecule has 5 aliphatic rings. The van der Waals surface area contributed by atoms with E-state index in [2.05, 4.69) is 40.2 Å². The summed E-state index contributed by atoms with van der Waals surface area (Å²) in [5, 5.41) is 0. The molecule has 2 aromatic heterocycles. The molecule has 0 saturated carbocycles. The number of likely N-dealkylation sites (tertiary alicyclic amines) is 1. The van der Waals surface area contributed by atoms with E-state index in [0.29, 0.717) is 38.2 Å². The lowest BCUT2D eigenvalue weighted by Crippen LogP contribution is -2.62. The number of aryl methyl sites for hydroxylation is 1. The Bertz CT molecular complexity index is 1350. The van der Waals surface area contributed by atoms with Gasteiger partial charge in [-0.1, -0.05) is 6.58 Å². The van der Waals surface area contributed by atoms with E-state index in [9.17, 15) is 4.79 Å². The zero-order valence-electron chi connectivity index (χ0n) is 24.3. The van der Waals surface area contributed by atoms with Crippen LogP contribution in [0.2, 0.25) is 0 Å². The highest BCUT2D eigenvalue weighted by molar-refractivity contribution is 5.87. The van der Waals surface area contributed by atoms with Crippen molar-refractivity contribution in [3.63, 3.8) is 0 Å². The first-order valence-corrected chi connectivity index (χ1v) is 15.3. The molecule has 0 unspecified atom stereocenters. The standard InChI is InChI=1S/C31H41N7O3/c1-4-27(39)37-15-22-18-40-29-28(38(22)14-20(37)2)23-11-13-36(30-24-9-5-6-10-25(24)32-19-33-30)16-26(23)34-31(29)41-17-21-8-7-12-35(21)3/h4,19-22H,1,5-18H2,2-3H3/t20-,21+,22-/m1/s1. The SMILES string of the molecule is C=CC(=O)N1C[C@@H]2COc3c(OC[C@@H]4CCCN4C)nc4c(c3N2C[C@H]1C)CCN(c1ncnc2c1CCCC2)C4. The maximum absolute atomic E-state index is 12.6. The van der Waals surface area contributed by atoms with Gasteiger partial charge in [-0.2, -0.15) is 0 Å². The van der Waals surface area contributed by atoms with Gasteiger partial charge in [0.2, 0.25) is 11.7 Å². The molecule has 0 aromatic carbocycles. The minimum atomic E-state index is -0.0202. The third-order valence-corrected chi connectivity index (χ3v) is 9.74. The third kappa shape index (κ3) is 4.70. The summed E-state index contributed by atoms with van der Waals surface area (Å²) in [5.41, 5.74) is 5.90. The molecule has 0 bridgehead atoms. The molecular formula is C31H41N7O3. The molecular weight excluding hydrogens is 518 g/mol. The van der Waals surface area contributed by atoms with Crippen LogP contribution in [-0.2, 0) is 30.6 Å². The van der Waals surface area contributed by atoms with Crippen LogP contribution >= 0.6 is 0 Å². The first-order valence-electron chi connectivity index (χ1n) is 15.3. The predicted molar refractivity (Wildman–Crippen MR) is 157 cm³/mol.